The summed E-state index contributed by atoms with van der Waals surface area (Å²) in [6.45, 7) is 0.238. The number of carbonyl (C=O) groups excluding carboxylic acids is 1. The SMILES string of the molecule is O=C1CC2c3ccc(OCc4ccccn4)cc3C1C(C(=O)O)C2C(=O)O. The van der Waals surface area contributed by atoms with Gasteiger partial charge < -0.3 is 14.9 Å². The molecule has 4 unspecified atom stereocenters. The number of ether oxygens (including phenoxy) is 1. The summed E-state index contributed by atoms with van der Waals surface area (Å²) < 4.78 is 5.73. The molecule has 1 aromatic heterocycles. The highest BCUT2D eigenvalue weighted by Crippen LogP contribution is 2.54. The van der Waals surface area contributed by atoms with Gasteiger partial charge in [-0.1, -0.05) is 12.1 Å². The van der Waals surface area contributed by atoms with Crippen molar-refractivity contribution in [1.82, 2.24) is 4.98 Å². The van der Waals surface area contributed by atoms with Gasteiger partial charge in [0.15, 0.2) is 0 Å². The highest BCUT2D eigenvalue weighted by Gasteiger charge is 2.57. The minimum absolute atomic E-state index is 0.0621. The predicted octanol–water partition coefficient (Wildman–Crippen LogP) is 2.22. The second kappa shape index (κ2) is 6.50. The smallest absolute Gasteiger partial charge is 0.308 e. The van der Waals surface area contributed by atoms with Gasteiger partial charge in [-0.3, -0.25) is 19.4 Å². The lowest BCUT2D eigenvalue weighted by Crippen LogP contribution is -2.49. The van der Waals surface area contributed by atoms with Crippen LogP contribution in [-0.2, 0) is 21.0 Å². The Morgan fingerprint density at radius 1 is 1.07 bits per heavy atom. The molecular formula is C20H17NO6. The van der Waals surface area contributed by atoms with Crippen LogP contribution < -0.4 is 4.74 Å². The molecule has 0 radical (unpaired) electrons. The van der Waals surface area contributed by atoms with Gasteiger partial charge in [-0.05, 0) is 35.4 Å². The molecule has 2 bridgehead atoms. The van der Waals surface area contributed by atoms with Crippen LogP contribution in [0.1, 0.15) is 35.1 Å². The molecular weight excluding hydrogens is 350 g/mol. The molecule has 1 saturated carbocycles. The van der Waals surface area contributed by atoms with E-state index < -0.39 is 35.6 Å². The van der Waals surface area contributed by atoms with Crippen LogP contribution in [0, 0.1) is 11.8 Å². The number of benzene rings is 1. The molecule has 3 aliphatic rings. The number of hydrogen-bond acceptors (Lipinski definition) is 5. The fourth-order valence-corrected chi connectivity index (χ4v) is 4.31. The summed E-state index contributed by atoms with van der Waals surface area (Å²) in [5, 5.41) is 19.1. The highest BCUT2D eigenvalue weighted by molar-refractivity contribution is 5.98. The van der Waals surface area contributed by atoms with Crippen molar-refractivity contribution in [3.8, 4) is 5.75 Å². The Balaban J connectivity index is 1.69. The third-order valence-electron chi connectivity index (χ3n) is 5.42. The van der Waals surface area contributed by atoms with E-state index in [1.54, 1.807) is 30.5 Å². The van der Waals surface area contributed by atoms with Gasteiger partial charge in [0.25, 0.3) is 0 Å². The lowest BCUT2D eigenvalue weighted by Gasteiger charge is -2.45. The molecule has 1 fully saturated rings. The summed E-state index contributed by atoms with van der Waals surface area (Å²) in [6, 6.07) is 10.6. The second-order valence-corrected chi connectivity index (χ2v) is 6.88. The van der Waals surface area contributed by atoms with Gasteiger partial charge in [0.05, 0.1) is 23.4 Å². The summed E-state index contributed by atoms with van der Waals surface area (Å²) in [5.74, 6) is -6.09. The molecule has 7 nitrogen and oxygen atoms in total. The van der Waals surface area contributed by atoms with Crippen molar-refractivity contribution in [3.63, 3.8) is 0 Å². The maximum absolute atomic E-state index is 12.5. The van der Waals surface area contributed by atoms with Crippen LogP contribution in [0.2, 0.25) is 0 Å². The van der Waals surface area contributed by atoms with Crippen molar-refractivity contribution in [1.29, 1.82) is 0 Å². The van der Waals surface area contributed by atoms with Crippen LogP contribution in [0.25, 0.3) is 0 Å². The number of rotatable bonds is 5. The predicted molar refractivity (Wildman–Crippen MR) is 92.4 cm³/mol. The fourth-order valence-electron chi connectivity index (χ4n) is 4.31. The maximum atomic E-state index is 12.5. The van der Waals surface area contributed by atoms with E-state index in [1.807, 2.05) is 12.1 Å². The van der Waals surface area contributed by atoms with Crippen molar-refractivity contribution >= 4 is 17.7 Å². The molecule has 2 N–H and O–H groups in total. The first kappa shape index (κ1) is 17.2. The van der Waals surface area contributed by atoms with Crippen molar-refractivity contribution in [2.24, 2.45) is 11.8 Å². The summed E-state index contributed by atoms with van der Waals surface area (Å²) in [7, 11) is 0. The van der Waals surface area contributed by atoms with E-state index in [4.69, 9.17) is 4.74 Å². The Morgan fingerprint density at radius 2 is 1.85 bits per heavy atom. The van der Waals surface area contributed by atoms with Crippen LogP contribution in [0.5, 0.6) is 5.75 Å². The third kappa shape index (κ3) is 2.85. The Labute approximate surface area is 154 Å². The van der Waals surface area contributed by atoms with E-state index in [-0.39, 0.29) is 18.8 Å². The topological polar surface area (TPSA) is 114 Å². The van der Waals surface area contributed by atoms with Gasteiger partial charge in [-0.2, -0.15) is 0 Å². The summed E-state index contributed by atoms with van der Waals surface area (Å²) >= 11 is 0. The summed E-state index contributed by atoms with van der Waals surface area (Å²) in [5.41, 5.74) is 2.04. The van der Waals surface area contributed by atoms with Crippen molar-refractivity contribution in [3.05, 3.63) is 59.4 Å². The lowest BCUT2D eigenvalue weighted by atomic mass is 9.55. The van der Waals surface area contributed by atoms with Crippen LogP contribution in [0.4, 0.5) is 0 Å². The van der Waals surface area contributed by atoms with Gasteiger partial charge in [-0.25, -0.2) is 0 Å². The third-order valence-corrected chi connectivity index (χ3v) is 5.42. The zero-order valence-electron chi connectivity index (χ0n) is 14.2. The first-order valence-corrected chi connectivity index (χ1v) is 8.62. The fraction of sp³-hybridized carbons (Fsp3) is 0.300. The second-order valence-electron chi connectivity index (χ2n) is 6.88. The summed E-state index contributed by atoms with van der Waals surface area (Å²) in [6.07, 6.45) is 1.72. The Kier molecular flexibility index (Phi) is 4.14. The quantitative estimate of drug-likeness (QED) is 0.833. The molecule has 1 heterocycles. The number of aliphatic carboxylic acids is 2. The number of carbonyl (C=O) groups is 3. The number of fused-ring (bicyclic) bond motifs is 2. The molecule has 5 rings (SSSR count). The highest BCUT2D eigenvalue weighted by atomic mass is 16.5. The standard InChI is InChI=1S/C20H17NO6/c22-15-8-14-12-5-4-11(27-9-10-3-1-2-6-21-10)7-13(12)16(15)18(20(25)26)17(14)19(23)24/h1-7,14,16-18H,8-9H2,(H,23,24)(H,25,26). The van der Waals surface area contributed by atoms with Crippen LogP contribution in [0.3, 0.4) is 0 Å². The van der Waals surface area contributed by atoms with Gasteiger partial charge in [-0.15, -0.1) is 0 Å². The number of pyridine rings is 1. The molecule has 27 heavy (non-hydrogen) atoms. The molecule has 0 spiro atoms. The first-order valence-electron chi connectivity index (χ1n) is 8.62. The normalized spacial score (nSPS) is 25.7. The number of ketones is 1. The molecule has 4 atom stereocenters. The zero-order valence-corrected chi connectivity index (χ0v) is 14.2. The van der Waals surface area contributed by atoms with Gasteiger partial charge in [0.2, 0.25) is 0 Å². The van der Waals surface area contributed by atoms with Crippen molar-refractivity contribution in [2.45, 2.75) is 24.9 Å². The number of carboxylic acids is 2. The average Bonchev–Trinajstić information content (AvgIpc) is 2.66. The number of aromatic nitrogens is 1. The molecule has 0 aliphatic heterocycles. The van der Waals surface area contributed by atoms with Crippen LogP contribution in [0.15, 0.2) is 42.6 Å². The van der Waals surface area contributed by atoms with E-state index in [9.17, 15) is 24.6 Å². The Bertz CT molecular complexity index is 925. The van der Waals surface area contributed by atoms with E-state index in [1.165, 1.54) is 0 Å². The van der Waals surface area contributed by atoms with Crippen LogP contribution in [-0.4, -0.2) is 32.9 Å². The van der Waals surface area contributed by atoms with Crippen molar-refractivity contribution in [2.75, 3.05) is 0 Å². The lowest BCUT2D eigenvalue weighted by molar-refractivity contribution is -0.160. The van der Waals surface area contributed by atoms with E-state index in [0.29, 0.717) is 11.3 Å². The van der Waals surface area contributed by atoms with E-state index in [0.717, 1.165) is 11.3 Å². The molecule has 138 valence electrons. The Morgan fingerprint density at radius 3 is 2.52 bits per heavy atom. The maximum Gasteiger partial charge on any atom is 0.308 e. The molecule has 0 amide bonds. The zero-order chi connectivity index (χ0) is 19.1. The van der Waals surface area contributed by atoms with E-state index in [2.05, 4.69) is 4.98 Å². The van der Waals surface area contributed by atoms with Crippen molar-refractivity contribution < 1.29 is 29.3 Å². The largest absolute Gasteiger partial charge is 0.487 e. The minimum atomic E-state index is -1.26. The first-order chi connectivity index (χ1) is 13.0. The number of hydrogen-bond donors (Lipinski definition) is 2. The molecule has 3 aliphatic carbocycles. The minimum Gasteiger partial charge on any atom is -0.487 e. The number of nitrogens with zero attached hydrogens (tertiary/aromatic N) is 1. The Hall–Kier alpha value is -3.22. The van der Waals surface area contributed by atoms with Gasteiger partial charge in [0, 0.05) is 18.5 Å². The monoisotopic (exact) mass is 367 g/mol. The number of Topliss-reactive ketones (excluding diaryl/α,β-unsaturated/α-hetero) is 1. The van der Waals surface area contributed by atoms with E-state index >= 15 is 0 Å². The van der Waals surface area contributed by atoms with Crippen LogP contribution >= 0.6 is 0 Å². The van der Waals surface area contributed by atoms with Gasteiger partial charge >= 0.3 is 11.9 Å². The summed E-state index contributed by atoms with van der Waals surface area (Å²) in [4.78, 5) is 40.1. The van der Waals surface area contributed by atoms with Gasteiger partial charge in [0.1, 0.15) is 18.1 Å². The average molecular weight is 367 g/mol. The molecule has 0 saturated heterocycles. The number of carboxylic acid groups (broad SMARTS) is 2. The molecule has 2 aromatic rings. The molecule has 7 heteroatoms. The molecule has 1 aromatic carbocycles.